The largest absolute Gasteiger partial charge is 0.366 e. The first-order valence-electron chi connectivity index (χ1n) is 7.69. The topological polar surface area (TPSA) is 15.6 Å². The number of hydrogen-bond donors (Lipinski definition) is 0. The van der Waals surface area contributed by atoms with Gasteiger partial charge in [-0.25, -0.2) is 13.8 Å². The molecule has 0 atom stereocenters. The molecule has 0 saturated heterocycles. The fourth-order valence-electron chi connectivity index (χ4n) is 2.32. The quantitative estimate of drug-likeness (QED) is 0.572. The third kappa shape index (κ3) is 4.15. The van der Waals surface area contributed by atoms with Crippen LogP contribution in [0.25, 0.3) is 0 Å². The molecule has 0 spiro atoms. The minimum absolute atomic E-state index is 0.370. The first kappa shape index (κ1) is 17.1. The molecule has 122 valence electrons. The zero-order valence-electron chi connectivity index (χ0n) is 14.0. The zero-order chi connectivity index (χ0) is 17.0. The summed E-state index contributed by atoms with van der Waals surface area (Å²) in [6, 6.07) is 8.28. The molecular formula is C19H22F2N2. The van der Waals surface area contributed by atoms with Crippen molar-refractivity contribution >= 4 is 12.0 Å². The van der Waals surface area contributed by atoms with Crippen molar-refractivity contribution in [3.63, 3.8) is 0 Å². The van der Waals surface area contributed by atoms with E-state index in [1.807, 2.05) is 37.9 Å². The van der Waals surface area contributed by atoms with Gasteiger partial charge in [-0.1, -0.05) is 18.2 Å². The summed E-state index contributed by atoms with van der Waals surface area (Å²) in [4.78, 5) is 6.47. The van der Waals surface area contributed by atoms with Gasteiger partial charge >= 0.3 is 0 Å². The number of aryl methyl sites for hydroxylation is 2. The molecule has 0 bridgehead atoms. The Labute approximate surface area is 136 Å². The minimum Gasteiger partial charge on any atom is -0.366 e. The molecule has 0 N–H and O–H groups in total. The molecule has 0 amide bonds. The summed E-state index contributed by atoms with van der Waals surface area (Å²) < 4.78 is 27.2. The monoisotopic (exact) mass is 316 g/mol. The molecule has 2 rings (SSSR count). The fraction of sp³-hybridized carbons (Fsp3) is 0.316. The second kappa shape index (κ2) is 7.36. The summed E-state index contributed by atoms with van der Waals surface area (Å²) >= 11 is 0. The van der Waals surface area contributed by atoms with Crippen molar-refractivity contribution in [3.05, 3.63) is 64.2 Å². The van der Waals surface area contributed by atoms with Gasteiger partial charge in [0.05, 0.1) is 12.0 Å². The van der Waals surface area contributed by atoms with Crippen LogP contribution in [0.2, 0.25) is 0 Å². The smallest absolute Gasteiger partial charge is 0.162 e. The molecule has 0 aliphatic carbocycles. The van der Waals surface area contributed by atoms with Crippen molar-refractivity contribution in [2.75, 3.05) is 13.6 Å². The van der Waals surface area contributed by atoms with E-state index >= 15 is 0 Å². The SMILES string of the molecule is CCN(C)C=Nc1cc(C)c(Cc2cccc(F)c2F)cc1C. The fourth-order valence-corrected chi connectivity index (χ4v) is 2.32. The molecule has 4 heteroatoms. The summed E-state index contributed by atoms with van der Waals surface area (Å²) in [5.41, 5.74) is 4.28. The lowest BCUT2D eigenvalue weighted by Gasteiger charge is -2.12. The van der Waals surface area contributed by atoms with Gasteiger partial charge in [-0.15, -0.1) is 0 Å². The Morgan fingerprint density at radius 1 is 1.09 bits per heavy atom. The summed E-state index contributed by atoms with van der Waals surface area (Å²) in [6.45, 7) is 6.89. The van der Waals surface area contributed by atoms with Crippen molar-refractivity contribution in [1.82, 2.24) is 4.90 Å². The molecule has 0 unspecified atom stereocenters. The van der Waals surface area contributed by atoms with Gasteiger partial charge in [0.25, 0.3) is 0 Å². The molecule has 0 aliphatic rings. The molecule has 23 heavy (non-hydrogen) atoms. The molecular weight excluding hydrogens is 294 g/mol. The van der Waals surface area contributed by atoms with Crippen LogP contribution >= 0.6 is 0 Å². The Hall–Kier alpha value is -2.23. The van der Waals surface area contributed by atoms with Crippen LogP contribution in [-0.4, -0.2) is 24.8 Å². The van der Waals surface area contributed by atoms with E-state index in [4.69, 9.17) is 0 Å². The molecule has 2 aromatic carbocycles. The maximum absolute atomic E-state index is 13.8. The summed E-state index contributed by atoms with van der Waals surface area (Å²) in [5, 5.41) is 0. The molecule has 2 aromatic rings. The first-order chi connectivity index (χ1) is 10.9. The van der Waals surface area contributed by atoms with Gasteiger partial charge in [0.15, 0.2) is 11.6 Å². The number of rotatable bonds is 5. The lowest BCUT2D eigenvalue weighted by Crippen LogP contribution is -2.14. The van der Waals surface area contributed by atoms with Crippen LogP contribution < -0.4 is 0 Å². The van der Waals surface area contributed by atoms with E-state index in [1.165, 1.54) is 6.07 Å². The minimum atomic E-state index is -0.805. The highest BCUT2D eigenvalue weighted by molar-refractivity contribution is 5.64. The van der Waals surface area contributed by atoms with E-state index in [0.29, 0.717) is 12.0 Å². The molecule has 0 aromatic heterocycles. The van der Waals surface area contributed by atoms with Gasteiger partial charge in [0.2, 0.25) is 0 Å². The van der Waals surface area contributed by atoms with E-state index < -0.39 is 11.6 Å². The number of hydrogen-bond acceptors (Lipinski definition) is 1. The summed E-state index contributed by atoms with van der Waals surface area (Å²) in [7, 11) is 1.97. The van der Waals surface area contributed by atoms with Gasteiger partial charge in [-0.2, -0.15) is 0 Å². The Balaban J connectivity index is 2.30. The van der Waals surface area contributed by atoms with Crippen LogP contribution in [0.4, 0.5) is 14.5 Å². The molecule has 0 saturated carbocycles. The normalized spacial score (nSPS) is 11.2. The highest BCUT2D eigenvalue weighted by Gasteiger charge is 2.11. The van der Waals surface area contributed by atoms with E-state index in [2.05, 4.69) is 11.9 Å². The van der Waals surface area contributed by atoms with Crippen molar-refractivity contribution in [2.24, 2.45) is 4.99 Å². The number of benzene rings is 2. The Bertz CT molecular complexity index is 724. The number of aliphatic imine (C=N–C) groups is 1. The van der Waals surface area contributed by atoms with Crippen LogP contribution in [0.1, 0.15) is 29.2 Å². The van der Waals surface area contributed by atoms with Gasteiger partial charge < -0.3 is 4.90 Å². The summed E-state index contributed by atoms with van der Waals surface area (Å²) in [6.07, 6.45) is 2.17. The van der Waals surface area contributed by atoms with E-state index in [9.17, 15) is 8.78 Å². The number of halogens is 2. The highest BCUT2D eigenvalue weighted by atomic mass is 19.2. The van der Waals surface area contributed by atoms with Crippen molar-refractivity contribution in [2.45, 2.75) is 27.2 Å². The van der Waals surface area contributed by atoms with Crippen LogP contribution in [0.3, 0.4) is 0 Å². The Kier molecular flexibility index (Phi) is 5.48. The predicted molar refractivity (Wildman–Crippen MR) is 91.5 cm³/mol. The van der Waals surface area contributed by atoms with Gasteiger partial charge in [0.1, 0.15) is 0 Å². The zero-order valence-corrected chi connectivity index (χ0v) is 14.0. The Morgan fingerprint density at radius 3 is 2.52 bits per heavy atom. The predicted octanol–water partition coefficient (Wildman–Crippen LogP) is 4.78. The van der Waals surface area contributed by atoms with Crippen LogP contribution in [0.5, 0.6) is 0 Å². The average molecular weight is 316 g/mol. The molecule has 0 heterocycles. The maximum Gasteiger partial charge on any atom is 0.162 e. The highest BCUT2D eigenvalue weighted by Crippen LogP contribution is 2.26. The second-order valence-corrected chi connectivity index (χ2v) is 5.77. The maximum atomic E-state index is 13.8. The molecule has 2 nitrogen and oxygen atoms in total. The lowest BCUT2D eigenvalue weighted by atomic mass is 9.97. The van der Waals surface area contributed by atoms with Crippen molar-refractivity contribution < 1.29 is 8.78 Å². The van der Waals surface area contributed by atoms with Crippen molar-refractivity contribution in [3.8, 4) is 0 Å². The first-order valence-corrected chi connectivity index (χ1v) is 7.69. The lowest BCUT2D eigenvalue weighted by molar-refractivity contribution is 0.500. The van der Waals surface area contributed by atoms with Crippen LogP contribution in [0.15, 0.2) is 35.3 Å². The standard InChI is InChI=1S/C19H22F2N2/c1-5-23(4)12-22-18-10-13(2)16(9-14(18)3)11-15-7-6-8-17(20)19(15)21/h6-10,12H,5,11H2,1-4H3. The second-order valence-electron chi connectivity index (χ2n) is 5.77. The van der Waals surface area contributed by atoms with E-state index in [-0.39, 0.29) is 0 Å². The van der Waals surface area contributed by atoms with E-state index in [1.54, 1.807) is 12.4 Å². The van der Waals surface area contributed by atoms with Gasteiger partial charge in [-0.05, 0) is 55.2 Å². The van der Waals surface area contributed by atoms with Gasteiger partial charge in [0, 0.05) is 20.0 Å². The van der Waals surface area contributed by atoms with E-state index in [0.717, 1.165) is 35.0 Å². The Morgan fingerprint density at radius 2 is 1.83 bits per heavy atom. The molecule has 0 radical (unpaired) electrons. The van der Waals surface area contributed by atoms with Crippen LogP contribution in [-0.2, 0) is 6.42 Å². The molecule has 0 fully saturated rings. The number of nitrogens with zero attached hydrogens (tertiary/aromatic N) is 2. The summed E-state index contributed by atoms with van der Waals surface area (Å²) in [5.74, 6) is -1.57. The van der Waals surface area contributed by atoms with Crippen molar-refractivity contribution in [1.29, 1.82) is 0 Å². The average Bonchev–Trinajstić information content (AvgIpc) is 2.53. The third-order valence-electron chi connectivity index (χ3n) is 3.96. The van der Waals surface area contributed by atoms with Crippen LogP contribution in [0, 0.1) is 25.5 Å². The van der Waals surface area contributed by atoms with Gasteiger partial charge in [-0.3, -0.25) is 0 Å². The third-order valence-corrected chi connectivity index (χ3v) is 3.96. The molecule has 0 aliphatic heterocycles.